The minimum atomic E-state index is -1.75. The zero-order valence-corrected chi connectivity index (χ0v) is 10.5. The molecule has 0 bridgehead atoms. The lowest BCUT2D eigenvalue weighted by Crippen LogP contribution is -2.06. The molecule has 0 atom stereocenters. The molecule has 100 valence electrons. The van der Waals surface area contributed by atoms with Crippen molar-refractivity contribution in [3.05, 3.63) is 51.8 Å². The Morgan fingerprint density at radius 3 is 2.00 bits per heavy atom. The summed E-state index contributed by atoms with van der Waals surface area (Å²) in [6.45, 7) is 0. The number of aromatic nitrogens is 1. The van der Waals surface area contributed by atoms with E-state index in [9.17, 15) is 17.6 Å². The second-order valence-corrected chi connectivity index (χ2v) is 4.26. The van der Waals surface area contributed by atoms with Crippen LogP contribution in [-0.4, -0.2) is 4.98 Å². The maximum Gasteiger partial charge on any atom is 0.253 e. The van der Waals surface area contributed by atoms with Crippen LogP contribution >= 0.6 is 23.2 Å². The van der Waals surface area contributed by atoms with Gasteiger partial charge < -0.3 is 5.32 Å². The first-order valence-corrected chi connectivity index (χ1v) is 5.58. The van der Waals surface area contributed by atoms with Gasteiger partial charge in [0.25, 0.3) is 11.9 Å². The lowest BCUT2D eigenvalue weighted by molar-refractivity contribution is 0.411. The lowest BCUT2D eigenvalue weighted by Gasteiger charge is -2.10. The Kier molecular flexibility index (Phi) is 3.82. The van der Waals surface area contributed by atoms with Crippen LogP contribution in [0.25, 0.3) is 0 Å². The van der Waals surface area contributed by atoms with E-state index in [1.165, 1.54) is 18.2 Å². The van der Waals surface area contributed by atoms with Crippen molar-refractivity contribution >= 4 is 34.6 Å². The summed E-state index contributed by atoms with van der Waals surface area (Å²) in [4.78, 5) is 2.44. The van der Waals surface area contributed by atoms with E-state index in [2.05, 4.69) is 10.3 Å². The van der Waals surface area contributed by atoms with Crippen molar-refractivity contribution in [2.75, 3.05) is 5.32 Å². The van der Waals surface area contributed by atoms with Crippen molar-refractivity contribution in [1.82, 2.24) is 4.98 Å². The summed E-state index contributed by atoms with van der Waals surface area (Å²) >= 11 is 11.4. The van der Waals surface area contributed by atoms with E-state index in [1.807, 2.05) is 0 Å². The highest BCUT2D eigenvalue weighted by atomic mass is 35.5. The molecule has 0 spiro atoms. The molecule has 2 nitrogen and oxygen atoms in total. The molecule has 2 rings (SSSR count). The third-order valence-electron chi connectivity index (χ3n) is 2.19. The van der Waals surface area contributed by atoms with E-state index in [0.29, 0.717) is 0 Å². The molecule has 2 aromatic rings. The van der Waals surface area contributed by atoms with Gasteiger partial charge in [0.1, 0.15) is 5.69 Å². The van der Waals surface area contributed by atoms with Gasteiger partial charge in [-0.2, -0.15) is 22.5 Å². The van der Waals surface area contributed by atoms with Gasteiger partial charge in [-0.15, -0.1) is 0 Å². The van der Waals surface area contributed by atoms with Gasteiger partial charge in [-0.1, -0.05) is 23.2 Å². The normalized spacial score (nSPS) is 10.6. The number of hydrogen-bond donors (Lipinski definition) is 1. The number of rotatable bonds is 2. The van der Waals surface area contributed by atoms with E-state index in [0.717, 1.165) is 0 Å². The van der Waals surface area contributed by atoms with Gasteiger partial charge in [0.05, 0.1) is 10.0 Å². The Balaban J connectivity index is 2.46. The number of pyridine rings is 1. The quantitative estimate of drug-likeness (QED) is 0.643. The lowest BCUT2D eigenvalue weighted by atomic mass is 10.3. The molecule has 1 N–H and O–H groups in total. The largest absolute Gasteiger partial charge is 0.350 e. The third kappa shape index (κ3) is 2.74. The Labute approximate surface area is 115 Å². The summed E-state index contributed by atoms with van der Waals surface area (Å²) in [6.07, 6.45) is 0. The molecule has 0 unspecified atom stereocenters. The van der Waals surface area contributed by atoms with Crippen LogP contribution < -0.4 is 5.32 Å². The van der Waals surface area contributed by atoms with Gasteiger partial charge >= 0.3 is 0 Å². The monoisotopic (exact) mass is 310 g/mol. The smallest absolute Gasteiger partial charge is 0.253 e. The molecule has 0 saturated heterocycles. The Hall–Kier alpha value is -1.53. The Bertz CT molecular complexity index is 623. The summed E-state index contributed by atoms with van der Waals surface area (Å²) in [5.41, 5.74) is -0.888. The number of anilines is 2. The van der Waals surface area contributed by atoms with Crippen LogP contribution in [0.2, 0.25) is 10.0 Å². The van der Waals surface area contributed by atoms with Gasteiger partial charge in [0.2, 0.25) is 11.6 Å². The molecular formula is C11H4Cl2F4N2. The minimum Gasteiger partial charge on any atom is -0.350 e. The molecule has 19 heavy (non-hydrogen) atoms. The van der Waals surface area contributed by atoms with Crippen molar-refractivity contribution in [2.24, 2.45) is 0 Å². The summed E-state index contributed by atoms with van der Waals surface area (Å²) in [5, 5.41) is 2.51. The molecular weight excluding hydrogens is 307 g/mol. The van der Waals surface area contributed by atoms with Gasteiger partial charge in [-0.3, -0.25) is 0 Å². The molecule has 1 aromatic carbocycles. The van der Waals surface area contributed by atoms with Crippen LogP contribution in [0.5, 0.6) is 0 Å². The average Bonchev–Trinajstić information content (AvgIpc) is 2.36. The first-order chi connectivity index (χ1) is 8.90. The molecule has 1 aromatic heterocycles. The van der Waals surface area contributed by atoms with E-state index in [1.54, 1.807) is 0 Å². The van der Waals surface area contributed by atoms with Crippen LogP contribution in [0.1, 0.15) is 0 Å². The van der Waals surface area contributed by atoms with Crippen LogP contribution in [0, 0.1) is 23.5 Å². The molecule has 0 aliphatic carbocycles. The van der Waals surface area contributed by atoms with E-state index in [4.69, 9.17) is 23.2 Å². The SMILES string of the molecule is Fc1nc(F)c(F)c(Nc2ccc(Cl)c(Cl)c2)c1F. The van der Waals surface area contributed by atoms with Gasteiger partial charge in [0.15, 0.2) is 0 Å². The van der Waals surface area contributed by atoms with E-state index >= 15 is 0 Å². The zero-order valence-electron chi connectivity index (χ0n) is 8.95. The Morgan fingerprint density at radius 1 is 0.895 bits per heavy atom. The van der Waals surface area contributed by atoms with Crippen molar-refractivity contribution in [1.29, 1.82) is 0 Å². The van der Waals surface area contributed by atoms with Crippen LogP contribution in [0.4, 0.5) is 28.9 Å². The van der Waals surface area contributed by atoms with E-state index < -0.39 is 29.2 Å². The molecule has 0 saturated carbocycles. The predicted molar refractivity (Wildman–Crippen MR) is 63.8 cm³/mol. The van der Waals surface area contributed by atoms with Gasteiger partial charge in [-0.25, -0.2) is 0 Å². The first-order valence-electron chi connectivity index (χ1n) is 4.82. The summed E-state index contributed by atoms with van der Waals surface area (Å²) in [5.74, 6) is -6.77. The second-order valence-electron chi connectivity index (χ2n) is 3.45. The minimum absolute atomic E-state index is 0.109. The highest BCUT2D eigenvalue weighted by Crippen LogP contribution is 2.29. The summed E-state index contributed by atoms with van der Waals surface area (Å²) in [6, 6.07) is 3.94. The fourth-order valence-electron chi connectivity index (χ4n) is 1.31. The van der Waals surface area contributed by atoms with Crippen LogP contribution in [0.3, 0.4) is 0 Å². The summed E-state index contributed by atoms with van der Waals surface area (Å²) < 4.78 is 52.5. The predicted octanol–water partition coefficient (Wildman–Crippen LogP) is 4.69. The standard InChI is InChI=1S/C11H4Cl2F4N2/c12-5-2-1-4(3-6(5)13)18-9-7(14)10(16)19-11(17)8(9)15/h1-3H,(H,18,19). The highest BCUT2D eigenvalue weighted by Gasteiger charge is 2.20. The molecule has 0 radical (unpaired) electrons. The molecule has 0 fully saturated rings. The van der Waals surface area contributed by atoms with Gasteiger partial charge in [-0.05, 0) is 18.2 Å². The fourth-order valence-corrected chi connectivity index (χ4v) is 1.61. The maximum atomic E-state index is 13.3. The number of nitrogens with zero attached hydrogens (tertiary/aromatic N) is 1. The second kappa shape index (κ2) is 5.22. The molecule has 0 aliphatic heterocycles. The maximum absolute atomic E-state index is 13.3. The number of halogens is 6. The van der Waals surface area contributed by atoms with Crippen molar-refractivity contribution in [3.63, 3.8) is 0 Å². The number of nitrogens with one attached hydrogen (secondary N) is 1. The van der Waals surface area contributed by atoms with Gasteiger partial charge in [0, 0.05) is 5.69 Å². The number of benzene rings is 1. The number of hydrogen-bond acceptors (Lipinski definition) is 2. The zero-order chi connectivity index (χ0) is 14.2. The van der Waals surface area contributed by atoms with Crippen molar-refractivity contribution in [2.45, 2.75) is 0 Å². The van der Waals surface area contributed by atoms with Crippen molar-refractivity contribution in [3.8, 4) is 0 Å². The topological polar surface area (TPSA) is 24.9 Å². The third-order valence-corrected chi connectivity index (χ3v) is 2.93. The fraction of sp³-hybridized carbons (Fsp3) is 0. The molecule has 0 aliphatic rings. The van der Waals surface area contributed by atoms with E-state index in [-0.39, 0.29) is 15.7 Å². The molecule has 1 heterocycles. The van der Waals surface area contributed by atoms with Crippen molar-refractivity contribution < 1.29 is 17.6 Å². The molecule has 8 heteroatoms. The van der Waals surface area contributed by atoms with Crippen LogP contribution in [0.15, 0.2) is 18.2 Å². The summed E-state index contributed by atoms with van der Waals surface area (Å²) in [7, 11) is 0. The van der Waals surface area contributed by atoms with Crippen LogP contribution in [-0.2, 0) is 0 Å². The first kappa shape index (κ1) is 13.9. The average molecular weight is 311 g/mol. The molecule has 0 amide bonds. The Morgan fingerprint density at radius 2 is 1.47 bits per heavy atom. The highest BCUT2D eigenvalue weighted by molar-refractivity contribution is 6.42.